The van der Waals surface area contributed by atoms with Gasteiger partial charge in [-0.2, -0.15) is 0 Å². The third-order valence-corrected chi connectivity index (χ3v) is 3.61. The number of carbonyl (C=O) groups excluding carboxylic acids is 1. The van der Waals surface area contributed by atoms with Gasteiger partial charge in [-0.05, 0) is 32.8 Å². The van der Waals surface area contributed by atoms with Gasteiger partial charge < -0.3 is 9.64 Å². The number of benzene rings is 2. The van der Waals surface area contributed by atoms with Crippen LogP contribution in [0.4, 0.5) is 0 Å². The topological polar surface area (TPSA) is 29.5 Å². The van der Waals surface area contributed by atoms with E-state index in [-0.39, 0.29) is 5.91 Å². The fraction of sp³-hybridized carbons (Fsp3) is 0.214. The van der Waals surface area contributed by atoms with E-state index in [0.717, 1.165) is 15.2 Å². The summed E-state index contributed by atoms with van der Waals surface area (Å²) in [5.74, 6) is 0.503. The van der Waals surface area contributed by atoms with Crippen LogP contribution in [-0.4, -0.2) is 32.0 Å². The number of ether oxygens (including phenoxy) is 1. The van der Waals surface area contributed by atoms with E-state index in [4.69, 9.17) is 4.74 Å². The average molecular weight is 308 g/mol. The molecule has 0 radical (unpaired) electrons. The number of methoxy groups -OCH3 is 1. The number of nitrogens with zero attached hydrogens (tertiary/aromatic N) is 1. The first kappa shape index (κ1) is 12.9. The molecule has 0 fully saturated rings. The van der Waals surface area contributed by atoms with Gasteiger partial charge in [0.15, 0.2) is 0 Å². The van der Waals surface area contributed by atoms with Crippen molar-refractivity contribution in [3.63, 3.8) is 0 Å². The second-order valence-corrected chi connectivity index (χ2v) is 4.98. The molecule has 94 valence electrons. The first-order valence-corrected chi connectivity index (χ1v) is 6.32. The van der Waals surface area contributed by atoms with Crippen molar-refractivity contribution >= 4 is 32.6 Å². The molecular weight excluding hydrogens is 294 g/mol. The van der Waals surface area contributed by atoms with Gasteiger partial charge in [0.2, 0.25) is 0 Å². The zero-order chi connectivity index (χ0) is 13.3. The Morgan fingerprint density at radius 1 is 1.28 bits per heavy atom. The molecule has 0 atom stereocenters. The number of fused-ring (bicyclic) bond motifs is 1. The molecule has 0 aliphatic rings. The largest absolute Gasteiger partial charge is 0.496 e. The lowest BCUT2D eigenvalue weighted by Crippen LogP contribution is -2.22. The van der Waals surface area contributed by atoms with Gasteiger partial charge in [0.05, 0.1) is 12.7 Å². The van der Waals surface area contributed by atoms with Crippen LogP contribution in [0, 0.1) is 0 Å². The van der Waals surface area contributed by atoms with E-state index in [1.165, 1.54) is 4.90 Å². The van der Waals surface area contributed by atoms with Gasteiger partial charge in [-0.3, -0.25) is 4.79 Å². The Bertz CT molecular complexity index is 608. The third-order valence-electron chi connectivity index (χ3n) is 2.79. The summed E-state index contributed by atoms with van der Waals surface area (Å²) < 4.78 is 6.10. The maximum absolute atomic E-state index is 12.2. The highest BCUT2D eigenvalue weighted by Crippen LogP contribution is 2.35. The number of hydrogen-bond donors (Lipinski definition) is 0. The van der Waals surface area contributed by atoms with E-state index in [1.807, 2.05) is 30.3 Å². The molecule has 3 nitrogen and oxygen atoms in total. The molecule has 0 saturated carbocycles. The Labute approximate surface area is 114 Å². The molecule has 0 aromatic heterocycles. The van der Waals surface area contributed by atoms with Crippen molar-refractivity contribution < 1.29 is 9.53 Å². The number of rotatable bonds is 2. The minimum Gasteiger partial charge on any atom is -0.496 e. The standard InChI is InChI=1S/C14H14BrNO2/c1-16(2)14(17)12-11(18-3)8-9-6-4-5-7-10(9)13(12)15/h4-8H,1-3H3. The molecule has 2 aromatic carbocycles. The summed E-state index contributed by atoms with van der Waals surface area (Å²) >= 11 is 3.51. The summed E-state index contributed by atoms with van der Waals surface area (Å²) in [6, 6.07) is 9.76. The molecule has 2 aromatic rings. The molecule has 18 heavy (non-hydrogen) atoms. The van der Waals surface area contributed by atoms with E-state index in [0.29, 0.717) is 11.3 Å². The van der Waals surface area contributed by atoms with Crippen LogP contribution >= 0.6 is 15.9 Å². The molecule has 0 aliphatic heterocycles. The summed E-state index contributed by atoms with van der Waals surface area (Å²) in [6.45, 7) is 0. The second kappa shape index (κ2) is 4.98. The monoisotopic (exact) mass is 307 g/mol. The highest BCUT2D eigenvalue weighted by molar-refractivity contribution is 9.10. The smallest absolute Gasteiger partial charge is 0.258 e. The Hall–Kier alpha value is -1.55. The van der Waals surface area contributed by atoms with Crippen molar-refractivity contribution in [2.24, 2.45) is 0 Å². The molecule has 0 aliphatic carbocycles. The van der Waals surface area contributed by atoms with Crippen LogP contribution in [0.5, 0.6) is 5.75 Å². The molecule has 0 heterocycles. The lowest BCUT2D eigenvalue weighted by molar-refractivity contribution is 0.0823. The third kappa shape index (κ3) is 2.08. The second-order valence-electron chi connectivity index (χ2n) is 4.19. The first-order chi connectivity index (χ1) is 8.56. The van der Waals surface area contributed by atoms with Crippen LogP contribution in [0.2, 0.25) is 0 Å². The van der Waals surface area contributed by atoms with Crippen molar-refractivity contribution in [3.05, 3.63) is 40.4 Å². The zero-order valence-electron chi connectivity index (χ0n) is 10.5. The minimum atomic E-state index is -0.0792. The highest BCUT2D eigenvalue weighted by atomic mass is 79.9. The zero-order valence-corrected chi connectivity index (χ0v) is 12.1. The van der Waals surface area contributed by atoms with Gasteiger partial charge in [0, 0.05) is 18.6 Å². The molecular formula is C14H14BrNO2. The summed E-state index contributed by atoms with van der Waals surface area (Å²) in [5, 5.41) is 2.04. The van der Waals surface area contributed by atoms with Gasteiger partial charge >= 0.3 is 0 Å². The number of carbonyl (C=O) groups is 1. The molecule has 0 bridgehead atoms. The van der Waals surface area contributed by atoms with Crippen LogP contribution in [0.15, 0.2) is 34.8 Å². The molecule has 2 rings (SSSR count). The fourth-order valence-corrected chi connectivity index (χ4v) is 2.59. The van der Waals surface area contributed by atoms with E-state index in [2.05, 4.69) is 15.9 Å². The van der Waals surface area contributed by atoms with Crippen molar-refractivity contribution in [1.82, 2.24) is 4.90 Å². The SMILES string of the molecule is COc1cc2ccccc2c(Br)c1C(=O)N(C)C. The van der Waals surface area contributed by atoms with Crippen LogP contribution in [-0.2, 0) is 0 Å². The molecule has 0 unspecified atom stereocenters. The summed E-state index contributed by atoms with van der Waals surface area (Å²) in [5.41, 5.74) is 0.557. The summed E-state index contributed by atoms with van der Waals surface area (Å²) in [7, 11) is 5.02. The van der Waals surface area contributed by atoms with Gasteiger partial charge in [-0.1, -0.05) is 24.3 Å². The predicted octanol–water partition coefficient (Wildman–Crippen LogP) is 3.31. The van der Waals surface area contributed by atoms with Crippen LogP contribution in [0.25, 0.3) is 10.8 Å². The maximum Gasteiger partial charge on any atom is 0.258 e. The van der Waals surface area contributed by atoms with Gasteiger partial charge in [0.1, 0.15) is 5.75 Å². The van der Waals surface area contributed by atoms with E-state index in [9.17, 15) is 4.79 Å². The van der Waals surface area contributed by atoms with Gasteiger partial charge in [0.25, 0.3) is 5.91 Å². The van der Waals surface area contributed by atoms with Crippen molar-refractivity contribution in [2.45, 2.75) is 0 Å². The average Bonchev–Trinajstić information content (AvgIpc) is 2.37. The van der Waals surface area contributed by atoms with Crippen LogP contribution in [0.1, 0.15) is 10.4 Å². The normalized spacial score (nSPS) is 10.4. The van der Waals surface area contributed by atoms with Crippen LogP contribution < -0.4 is 4.74 Å². The first-order valence-electron chi connectivity index (χ1n) is 5.53. The Balaban J connectivity index is 2.78. The lowest BCUT2D eigenvalue weighted by Gasteiger charge is -2.16. The van der Waals surface area contributed by atoms with Crippen molar-refractivity contribution in [2.75, 3.05) is 21.2 Å². The van der Waals surface area contributed by atoms with E-state index >= 15 is 0 Å². The fourth-order valence-electron chi connectivity index (χ4n) is 1.86. The molecule has 0 N–H and O–H groups in total. The number of halogens is 1. The minimum absolute atomic E-state index is 0.0792. The number of amides is 1. The van der Waals surface area contributed by atoms with Gasteiger partial charge in [-0.25, -0.2) is 0 Å². The van der Waals surface area contributed by atoms with Gasteiger partial charge in [-0.15, -0.1) is 0 Å². The molecule has 0 saturated heterocycles. The Morgan fingerprint density at radius 3 is 2.56 bits per heavy atom. The highest BCUT2D eigenvalue weighted by Gasteiger charge is 2.20. The Morgan fingerprint density at radius 2 is 1.94 bits per heavy atom. The molecule has 1 amide bonds. The molecule has 0 spiro atoms. The van der Waals surface area contributed by atoms with E-state index in [1.54, 1.807) is 21.2 Å². The predicted molar refractivity (Wildman–Crippen MR) is 76.2 cm³/mol. The van der Waals surface area contributed by atoms with Crippen molar-refractivity contribution in [1.29, 1.82) is 0 Å². The van der Waals surface area contributed by atoms with E-state index < -0.39 is 0 Å². The van der Waals surface area contributed by atoms with Crippen LogP contribution in [0.3, 0.4) is 0 Å². The number of hydrogen-bond acceptors (Lipinski definition) is 2. The summed E-state index contributed by atoms with van der Waals surface area (Å²) in [6.07, 6.45) is 0. The molecule has 4 heteroatoms. The Kier molecular flexibility index (Phi) is 3.57. The lowest BCUT2D eigenvalue weighted by atomic mass is 10.0. The quantitative estimate of drug-likeness (QED) is 0.852. The maximum atomic E-state index is 12.2. The summed E-state index contributed by atoms with van der Waals surface area (Å²) in [4.78, 5) is 13.7. The van der Waals surface area contributed by atoms with Crippen molar-refractivity contribution in [3.8, 4) is 5.75 Å².